The predicted octanol–water partition coefficient (Wildman–Crippen LogP) is 2.51. The molecule has 2 heteroatoms. The molecule has 2 rings (SSSR count). The molecule has 1 aromatic rings. The van der Waals surface area contributed by atoms with Crippen LogP contribution in [0.5, 0.6) is 0 Å². The Hall–Kier alpha value is -0.860. The van der Waals surface area contributed by atoms with Gasteiger partial charge in [-0.2, -0.15) is 0 Å². The molecule has 2 atom stereocenters. The number of hydrogen-bond acceptors (Lipinski definition) is 2. The third-order valence-corrected chi connectivity index (χ3v) is 3.93. The van der Waals surface area contributed by atoms with Crippen LogP contribution >= 0.6 is 0 Å². The second-order valence-corrected chi connectivity index (χ2v) is 4.94. The zero-order chi connectivity index (χ0) is 12.1. The maximum Gasteiger partial charge on any atom is 0.0264 e. The Bertz CT molecular complexity index is 323. The van der Waals surface area contributed by atoms with E-state index in [1.54, 1.807) is 0 Å². The van der Waals surface area contributed by atoms with Gasteiger partial charge in [-0.25, -0.2) is 0 Å². The molecule has 0 amide bonds. The van der Waals surface area contributed by atoms with Gasteiger partial charge in [-0.05, 0) is 24.6 Å². The molecular weight excluding hydrogens is 208 g/mol. The predicted molar refractivity (Wildman–Crippen MR) is 73.0 cm³/mol. The second kappa shape index (κ2) is 6.18. The van der Waals surface area contributed by atoms with E-state index in [1.807, 2.05) is 0 Å². The van der Waals surface area contributed by atoms with Crippen molar-refractivity contribution >= 4 is 0 Å². The third-order valence-electron chi connectivity index (χ3n) is 3.93. The van der Waals surface area contributed by atoms with Crippen molar-refractivity contribution in [2.75, 3.05) is 19.6 Å². The highest BCUT2D eigenvalue weighted by atomic mass is 15.2. The fourth-order valence-electron chi connectivity index (χ4n) is 2.84. The Kier molecular flexibility index (Phi) is 4.57. The number of nitrogens with one attached hydrogen (secondary N) is 1. The van der Waals surface area contributed by atoms with Gasteiger partial charge >= 0.3 is 0 Å². The average Bonchev–Trinajstić information content (AvgIpc) is 2.85. The van der Waals surface area contributed by atoms with Gasteiger partial charge in [-0.15, -0.1) is 0 Å². The summed E-state index contributed by atoms with van der Waals surface area (Å²) in [6, 6.07) is 11.5. The van der Waals surface area contributed by atoms with Crippen molar-refractivity contribution in [1.29, 1.82) is 0 Å². The molecule has 0 spiro atoms. The molecule has 0 saturated carbocycles. The number of likely N-dealkylation sites (N-methyl/N-ethyl adjacent to an activating group) is 1. The standard InChI is InChI=1S/C15H24N2/c1-3-14-10-16-11-15(14)17(4-2)12-13-8-6-5-7-9-13/h5-9,14-16H,3-4,10-12H2,1-2H3. The van der Waals surface area contributed by atoms with E-state index in [9.17, 15) is 0 Å². The molecule has 1 aliphatic heterocycles. The minimum absolute atomic E-state index is 0.713. The fraction of sp³-hybridized carbons (Fsp3) is 0.600. The monoisotopic (exact) mass is 232 g/mol. The van der Waals surface area contributed by atoms with Crippen LogP contribution in [0.4, 0.5) is 0 Å². The van der Waals surface area contributed by atoms with Crippen molar-refractivity contribution in [1.82, 2.24) is 10.2 Å². The first-order valence-corrected chi connectivity index (χ1v) is 6.83. The topological polar surface area (TPSA) is 15.3 Å². The van der Waals surface area contributed by atoms with Crippen LogP contribution in [-0.2, 0) is 6.54 Å². The molecule has 0 radical (unpaired) electrons. The summed E-state index contributed by atoms with van der Waals surface area (Å²) in [6.07, 6.45) is 1.28. The van der Waals surface area contributed by atoms with Gasteiger partial charge in [0.05, 0.1) is 0 Å². The molecule has 1 fully saturated rings. The van der Waals surface area contributed by atoms with Crippen molar-refractivity contribution in [3.05, 3.63) is 35.9 Å². The number of hydrogen-bond donors (Lipinski definition) is 1. The number of nitrogens with zero attached hydrogens (tertiary/aromatic N) is 1. The molecular formula is C15H24N2. The van der Waals surface area contributed by atoms with Gasteiger partial charge in [0.1, 0.15) is 0 Å². The minimum Gasteiger partial charge on any atom is -0.315 e. The van der Waals surface area contributed by atoms with E-state index in [0.29, 0.717) is 6.04 Å². The molecule has 1 aromatic carbocycles. The molecule has 94 valence electrons. The van der Waals surface area contributed by atoms with Gasteiger partial charge in [0.2, 0.25) is 0 Å². The Morgan fingerprint density at radius 3 is 2.59 bits per heavy atom. The lowest BCUT2D eigenvalue weighted by atomic mass is 9.99. The average molecular weight is 232 g/mol. The van der Waals surface area contributed by atoms with E-state index in [0.717, 1.165) is 25.6 Å². The van der Waals surface area contributed by atoms with E-state index in [4.69, 9.17) is 0 Å². The summed E-state index contributed by atoms with van der Waals surface area (Å²) in [4.78, 5) is 2.61. The smallest absolute Gasteiger partial charge is 0.0264 e. The van der Waals surface area contributed by atoms with E-state index < -0.39 is 0 Å². The van der Waals surface area contributed by atoms with Crippen LogP contribution in [0.3, 0.4) is 0 Å². The Morgan fingerprint density at radius 2 is 1.94 bits per heavy atom. The number of rotatable bonds is 5. The SMILES string of the molecule is CCC1CNCC1N(CC)Cc1ccccc1. The van der Waals surface area contributed by atoms with Crippen molar-refractivity contribution < 1.29 is 0 Å². The highest BCUT2D eigenvalue weighted by Gasteiger charge is 2.29. The second-order valence-electron chi connectivity index (χ2n) is 4.94. The van der Waals surface area contributed by atoms with Crippen molar-refractivity contribution in [2.45, 2.75) is 32.9 Å². The Morgan fingerprint density at radius 1 is 1.18 bits per heavy atom. The van der Waals surface area contributed by atoms with Crippen LogP contribution in [0.1, 0.15) is 25.8 Å². The fourth-order valence-corrected chi connectivity index (χ4v) is 2.84. The van der Waals surface area contributed by atoms with Crippen LogP contribution in [0.15, 0.2) is 30.3 Å². The molecule has 1 saturated heterocycles. The van der Waals surface area contributed by atoms with Gasteiger partial charge in [-0.3, -0.25) is 4.90 Å². The van der Waals surface area contributed by atoms with Crippen LogP contribution in [-0.4, -0.2) is 30.6 Å². The Labute approximate surface area is 105 Å². The van der Waals surface area contributed by atoms with E-state index >= 15 is 0 Å². The van der Waals surface area contributed by atoms with Crippen LogP contribution in [0, 0.1) is 5.92 Å². The maximum atomic E-state index is 3.53. The lowest BCUT2D eigenvalue weighted by Crippen LogP contribution is -2.40. The quantitative estimate of drug-likeness (QED) is 0.839. The molecule has 1 aliphatic rings. The van der Waals surface area contributed by atoms with Crippen molar-refractivity contribution in [3.8, 4) is 0 Å². The number of benzene rings is 1. The first-order valence-electron chi connectivity index (χ1n) is 6.83. The summed E-state index contributed by atoms with van der Waals surface area (Å²) < 4.78 is 0. The van der Waals surface area contributed by atoms with Crippen LogP contribution < -0.4 is 5.32 Å². The van der Waals surface area contributed by atoms with E-state index in [2.05, 4.69) is 54.4 Å². The first-order chi connectivity index (χ1) is 8.35. The zero-order valence-electron chi connectivity index (χ0n) is 11.0. The van der Waals surface area contributed by atoms with Crippen LogP contribution in [0.25, 0.3) is 0 Å². The summed E-state index contributed by atoms with van der Waals surface area (Å²) in [5.41, 5.74) is 1.43. The minimum atomic E-state index is 0.713. The summed E-state index contributed by atoms with van der Waals surface area (Å²) in [7, 11) is 0. The molecule has 1 heterocycles. The van der Waals surface area contributed by atoms with Crippen LogP contribution in [0.2, 0.25) is 0 Å². The molecule has 2 nitrogen and oxygen atoms in total. The summed E-state index contributed by atoms with van der Waals surface area (Å²) >= 11 is 0. The molecule has 0 aromatic heterocycles. The molecule has 0 aliphatic carbocycles. The summed E-state index contributed by atoms with van der Waals surface area (Å²) in [6.45, 7) is 9.14. The third kappa shape index (κ3) is 3.08. The van der Waals surface area contributed by atoms with Gasteiger partial charge in [0.25, 0.3) is 0 Å². The van der Waals surface area contributed by atoms with Gasteiger partial charge < -0.3 is 5.32 Å². The largest absolute Gasteiger partial charge is 0.315 e. The normalized spacial score (nSPS) is 24.4. The first kappa shape index (κ1) is 12.6. The zero-order valence-corrected chi connectivity index (χ0v) is 11.0. The Balaban J connectivity index is 2.01. The van der Waals surface area contributed by atoms with Gasteiger partial charge in [-0.1, -0.05) is 50.6 Å². The lowest BCUT2D eigenvalue weighted by Gasteiger charge is -2.31. The molecule has 0 bridgehead atoms. The molecule has 1 N–H and O–H groups in total. The van der Waals surface area contributed by atoms with Crippen molar-refractivity contribution in [3.63, 3.8) is 0 Å². The lowest BCUT2D eigenvalue weighted by molar-refractivity contribution is 0.169. The van der Waals surface area contributed by atoms with E-state index in [-0.39, 0.29) is 0 Å². The van der Waals surface area contributed by atoms with Crippen molar-refractivity contribution in [2.24, 2.45) is 5.92 Å². The summed E-state index contributed by atoms with van der Waals surface area (Å²) in [5.74, 6) is 0.818. The van der Waals surface area contributed by atoms with Gasteiger partial charge in [0, 0.05) is 19.1 Å². The van der Waals surface area contributed by atoms with Gasteiger partial charge in [0.15, 0.2) is 0 Å². The highest BCUT2D eigenvalue weighted by Crippen LogP contribution is 2.20. The van der Waals surface area contributed by atoms with E-state index in [1.165, 1.54) is 18.5 Å². The summed E-state index contributed by atoms with van der Waals surface area (Å²) in [5, 5.41) is 3.53. The molecule has 17 heavy (non-hydrogen) atoms. The maximum absolute atomic E-state index is 3.53. The highest BCUT2D eigenvalue weighted by molar-refractivity contribution is 5.14. The molecule has 2 unspecified atom stereocenters.